The van der Waals surface area contributed by atoms with Crippen LogP contribution in [0.3, 0.4) is 0 Å². The van der Waals surface area contributed by atoms with E-state index in [-0.39, 0.29) is 0 Å². The number of aromatic nitrogens is 1. The van der Waals surface area contributed by atoms with Gasteiger partial charge in [-0.3, -0.25) is 0 Å². The standard InChI is InChI=1S/C10H17N3O/c1-2-14-7-6-13-10-9(8-11)4-3-5-12-10/h3-5H,2,6-8,11H2,1H3,(H,12,13). The van der Waals surface area contributed by atoms with Crippen LogP contribution in [0.1, 0.15) is 12.5 Å². The molecule has 1 heterocycles. The fraction of sp³-hybridized carbons (Fsp3) is 0.500. The van der Waals surface area contributed by atoms with E-state index in [1.165, 1.54) is 0 Å². The van der Waals surface area contributed by atoms with E-state index in [1.54, 1.807) is 6.20 Å². The van der Waals surface area contributed by atoms with Crippen molar-refractivity contribution in [2.45, 2.75) is 13.5 Å². The summed E-state index contributed by atoms with van der Waals surface area (Å²) in [7, 11) is 0. The smallest absolute Gasteiger partial charge is 0.130 e. The van der Waals surface area contributed by atoms with Crippen molar-refractivity contribution in [2.75, 3.05) is 25.1 Å². The summed E-state index contributed by atoms with van der Waals surface area (Å²) >= 11 is 0. The molecule has 0 aromatic carbocycles. The number of pyridine rings is 1. The lowest BCUT2D eigenvalue weighted by molar-refractivity contribution is 0.158. The number of nitrogens with two attached hydrogens (primary N) is 1. The molecule has 0 aliphatic carbocycles. The van der Waals surface area contributed by atoms with Gasteiger partial charge in [0.1, 0.15) is 5.82 Å². The van der Waals surface area contributed by atoms with Crippen molar-refractivity contribution in [2.24, 2.45) is 5.73 Å². The Morgan fingerprint density at radius 2 is 2.43 bits per heavy atom. The minimum atomic E-state index is 0.505. The molecule has 0 bridgehead atoms. The number of rotatable bonds is 6. The summed E-state index contributed by atoms with van der Waals surface area (Å²) in [6, 6.07) is 3.85. The number of ether oxygens (including phenoxy) is 1. The third-order valence-electron chi connectivity index (χ3n) is 1.85. The Bertz CT molecular complexity index is 265. The highest BCUT2D eigenvalue weighted by atomic mass is 16.5. The summed E-state index contributed by atoms with van der Waals surface area (Å²) in [6.07, 6.45) is 1.75. The molecule has 4 nitrogen and oxygen atoms in total. The molecule has 1 rings (SSSR count). The molecule has 0 radical (unpaired) electrons. The summed E-state index contributed by atoms with van der Waals surface area (Å²) in [5, 5.41) is 3.18. The van der Waals surface area contributed by atoms with Gasteiger partial charge in [-0.05, 0) is 13.0 Å². The molecule has 0 aliphatic rings. The number of hydrogen-bond donors (Lipinski definition) is 2. The molecule has 0 fully saturated rings. The van der Waals surface area contributed by atoms with Gasteiger partial charge in [0.05, 0.1) is 6.61 Å². The van der Waals surface area contributed by atoms with E-state index in [0.29, 0.717) is 13.2 Å². The minimum Gasteiger partial charge on any atom is -0.380 e. The lowest BCUT2D eigenvalue weighted by atomic mass is 10.2. The summed E-state index contributed by atoms with van der Waals surface area (Å²) in [5.74, 6) is 0.856. The van der Waals surface area contributed by atoms with Gasteiger partial charge in [0.15, 0.2) is 0 Å². The second kappa shape index (κ2) is 6.34. The summed E-state index contributed by atoms with van der Waals surface area (Å²) < 4.78 is 5.21. The monoisotopic (exact) mass is 195 g/mol. The maximum absolute atomic E-state index is 5.57. The molecular weight excluding hydrogens is 178 g/mol. The van der Waals surface area contributed by atoms with Crippen LogP contribution in [-0.2, 0) is 11.3 Å². The molecule has 0 aliphatic heterocycles. The zero-order chi connectivity index (χ0) is 10.2. The van der Waals surface area contributed by atoms with E-state index in [2.05, 4.69) is 10.3 Å². The molecule has 1 aromatic heterocycles. The van der Waals surface area contributed by atoms with E-state index >= 15 is 0 Å². The first-order valence-electron chi connectivity index (χ1n) is 4.84. The van der Waals surface area contributed by atoms with E-state index in [4.69, 9.17) is 10.5 Å². The number of anilines is 1. The van der Waals surface area contributed by atoms with Crippen molar-refractivity contribution in [1.82, 2.24) is 4.98 Å². The Morgan fingerprint density at radius 1 is 1.57 bits per heavy atom. The molecule has 0 spiro atoms. The van der Waals surface area contributed by atoms with Gasteiger partial charge in [-0.2, -0.15) is 0 Å². The third-order valence-corrected chi connectivity index (χ3v) is 1.85. The summed E-state index contributed by atoms with van der Waals surface area (Å²) in [6.45, 7) is 4.68. The van der Waals surface area contributed by atoms with Gasteiger partial charge in [-0.25, -0.2) is 4.98 Å². The van der Waals surface area contributed by atoms with Crippen LogP contribution in [0.15, 0.2) is 18.3 Å². The second-order valence-electron chi connectivity index (χ2n) is 2.84. The van der Waals surface area contributed by atoms with Crippen molar-refractivity contribution in [3.63, 3.8) is 0 Å². The van der Waals surface area contributed by atoms with Gasteiger partial charge in [0, 0.05) is 31.5 Å². The summed E-state index contributed by atoms with van der Waals surface area (Å²) in [5.41, 5.74) is 6.60. The topological polar surface area (TPSA) is 60.2 Å². The Labute approximate surface area is 84.5 Å². The lowest BCUT2D eigenvalue weighted by Crippen LogP contribution is -2.12. The Hall–Kier alpha value is -1.13. The predicted molar refractivity (Wildman–Crippen MR) is 57.1 cm³/mol. The quantitative estimate of drug-likeness (QED) is 0.664. The van der Waals surface area contributed by atoms with Crippen molar-refractivity contribution < 1.29 is 4.74 Å². The van der Waals surface area contributed by atoms with E-state index in [0.717, 1.165) is 24.5 Å². The maximum atomic E-state index is 5.57. The zero-order valence-electron chi connectivity index (χ0n) is 8.49. The Kier molecular flexibility index (Phi) is 4.96. The van der Waals surface area contributed by atoms with E-state index < -0.39 is 0 Å². The van der Waals surface area contributed by atoms with Crippen molar-refractivity contribution in [1.29, 1.82) is 0 Å². The maximum Gasteiger partial charge on any atom is 0.130 e. The third kappa shape index (κ3) is 3.32. The van der Waals surface area contributed by atoms with Crippen LogP contribution in [0.2, 0.25) is 0 Å². The van der Waals surface area contributed by atoms with Crippen LogP contribution in [-0.4, -0.2) is 24.7 Å². The predicted octanol–water partition coefficient (Wildman–Crippen LogP) is 0.989. The Balaban J connectivity index is 2.41. The normalized spacial score (nSPS) is 10.1. The van der Waals surface area contributed by atoms with Crippen LogP contribution >= 0.6 is 0 Å². The van der Waals surface area contributed by atoms with Crippen molar-refractivity contribution in [3.8, 4) is 0 Å². The fourth-order valence-electron chi connectivity index (χ4n) is 1.15. The van der Waals surface area contributed by atoms with Gasteiger partial charge in [0.25, 0.3) is 0 Å². The average Bonchev–Trinajstić information content (AvgIpc) is 2.25. The fourth-order valence-corrected chi connectivity index (χ4v) is 1.15. The molecule has 78 valence electrons. The molecule has 0 atom stereocenters. The molecule has 4 heteroatoms. The average molecular weight is 195 g/mol. The molecule has 3 N–H and O–H groups in total. The molecule has 0 saturated heterocycles. The molecular formula is C10H17N3O. The first-order chi connectivity index (χ1) is 6.88. The van der Waals surface area contributed by atoms with Gasteiger partial charge in [0.2, 0.25) is 0 Å². The number of nitrogens with one attached hydrogen (secondary N) is 1. The van der Waals surface area contributed by atoms with Crippen LogP contribution in [0.25, 0.3) is 0 Å². The van der Waals surface area contributed by atoms with Crippen molar-refractivity contribution >= 4 is 5.82 Å². The van der Waals surface area contributed by atoms with Gasteiger partial charge >= 0.3 is 0 Å². The van der Waals surface area contributed by atoms with E-state index in [1.807, 2.05) is 19.1 Å². The van der Waals surface area contributed by atoms with Gasteiger partial charge in [-0.15, -0.1) is 0 Å². The molecule has 0 saturated carbocycles. The minimum absolute atomic E-state index is 0.505. The molecule has 1 aromatic rings. The molecule has 14 heavy (non-hydrogen) atoms. The van der Waals surface area contributed by atoms with Crippen LogP contribution < -0.4 is 11.1 Å². The first kappa shape index (κ1) is 10.9. The van der Waals surface area contributed by atoms with Crippen LogP contribution in [0, 0.1) is 0 Å². The highest BCUT2D eigenvalue weighted by Crippen LogP contribution is 2.09. The summed E-state index contributed by atoms with van der Waals surface area (Å²) in [4.78, 5) is 4.20. The molecule has 0 amide bonds. The number of hydrogen-bond acceptors (Lipinski definition) is 4. The van der Waals surface area contributed by atoms with E-state index in [9.17, 15) is 0 Å². The second-order valence-corrected chi connectivity index (χ2v) is 2.84. The lowest BCUT2D eigenvalue weighted by Gasteiger charge is -2.08. The Morgan fingerprint density at radius 3 is 3.14 bits per heavy atom. The van der Waals surface area contributed by atoms with Gasteiger partial charge < -0.3 is 15.8 Å². The van der Waals surface area contributed by atoms with Gasteiger partial charge in [-0.1, -0.05) is 6.07 Å². The van der Waals surface area contributed by atoms with Crippen molar-refractivity contribution in [3.05, 3.63) is 23.9 Å². The van der Waals surface area contributed by atoms with Crippen LogP contribution in [0.4, 0.5) is 5.82 Å². The van der Waals surface area contributed by atoms with Crippen LogP contribution in [0.5, 0.6) is 0 Å². The SMILES string of the molecule is CCOCCNc1ncccc1CN. The zero-order valence-corrected chi connectivity index (χ0v) is 8.49. The highest BCUT2D eigenvalue weighted by Gasteiger charge is 1.99. The highest BCUT2D eigenvalue weighted by molar-refractivity contribution is 5.43. The first-order valence-corrected chi connectivity index (χ1v) is 4.84. The number of nitrogens with zero attached hydrogens (tertiary/aromatic N) is 1. The largest absolute Gasteiger partial charge is 0.380 e. The molecule has 0 unspecified atom stereocenters.